The molecule has 1 heterocycles. The molecule has 6 nitrogen and oxygen atoms in total. The summed E-state index contributed by atoms with van der Waals surface area (Å²) in [5.41, 5.74) is 2.46. The van der Waals surface area contributed by atoms with E-state index < -0.39 is 18.0 Å². The Labute approximate surface area is 175 Å². The lowest BCUT2D eigenvalue weighted by molar-refractivity contribution is -0.129. The highest BCUT2D eigenvalue weighted by atomic mass is 16.5. The fourth-order valence-electron chi connectivity index (χ4n) is 3.14. The second-order valence-electron chi connectivity index (χ2n) is 7.09. The van der Waals surface area contributed by atoms with Crippen LogP contribution in [0.5, 0.6) is 0 Å². The number of hydrogen-bond donors (Lipinski definition) is 1. The van der Waals surface area contributed by atoms with Gasteiger partial charge in [0, 0.05) is 18.8 Å². The third kappa shape index (κ3) is 4.84. The first-order valence-electron chi connectivity index (χ1n) is 9.65. The summed E-state index contributed by atoms with van der Waals surface area (Å²) in [6.45, 7) is 2.95. The molecular weight excluding hydrogens is 380 g/mol. The van der Waals surface area contributed by atoms with Gasteiger partial charge in [0.15, 0.2) is 11.9 Å². The molecule has 0 aliphatic rings. The number of amides is 1. The molecule has 0 fully saturated rings. The number of esters is 1. The fraction of sp³-hybridized carbons (Fsp3) is 0.208. The number of aryl methyl sites for hydroxylation is 1. The van der Waals surface area contributed by atoms with Crippen molar-refractivity contribution >= 4 is 17.7 Å². The van der Waals surface area contributed by atoms with E-state index in [1.807, 2.05) is 60.7 Å². The molecule has 0 saturated carbocycles. The molecule has 0 unspecified atom stereocenters. The number of ether oxygens (including phenoxy) is 1. The summed E-state index contributed by atoms with van der Waals surface area (Å²) in [5.74, 6) is -1.23. The Morgan fingerprint density at radius 3 is 1.93 bits per heavy atom. The lowest BCUT2D eigenvalue weighted by atomic mass is 9.98. The number of carbonyl (C=O) groups excluding carboxylic acids is 3. The smallest absolute Gasteiger partial charge is 0.355 e. The summed E-state index contributed by atoms with van der Waals surface area (Å²) in [4.78, 5) is 36.8. The first-order chi connectivity index (χ1) is 14.4. The molecule has 3 aromatic rings. The number of aromatic nitrogens is 1. The van der Waals surface area contributed by atoms with Crippen LogP contribution in [0.25, 0.3) is 0 Å². The van der Waals surface area contributed by atoms with Crippen LogP contribution in [0.1, 0.15) is 51.9 Å². The molecule has 1 aromatic heterocycles. The van der Waals surface area contributed by atoms with Crippen molar-refractivity contribution in [3.05, 3.63) is 95.3 Å². The zero-order valence-corrected chi connectivity index (χ0v) is 17.2. The van der Waals surface area contributed by atoms with Crippen LogP contribution in [0.4, 0.5) is 0 Å². The number of nitrogens with one attached hydrogen (secondary N) is 1. The van der Waals surface area contributed by atoms with Crippen LogP contribution in [0.3, 0.4) is 0 Å². The van der Waals surface area contributed by atoms with E-state index in [4.69, 9.17) is 4.74 Å². The first kappa shape index (κ1) is 21.0. The Morgan fingerprint density at radius 1 is 0.933 bits per heavy atom. The van der Waals surface area contributed by atoms with Crippen molar-refractivity contribution < 1.29 is 19.1 Å². The minimum absolute atomic E-state index is 0.149. The summed E-state index contributed by atoms with van der Waals surface area (Å²) in [6, 6.07) is 20.3. The lowest BCUT2D eigenvalue weighted by Crippen LogP contribution is -2.38. The van der Waals surface area contributed by atoms with Crippen molar-refractivity contribution in [3.63, 3.8) is 0 Å². The van der Waals surface area contributed by atoms with Crippen LogP contribution in [-0.2, 0) is 16.6 Å². The van der Waals surface area contributed by atoms with E-state index in [0.717, 1.165) is 11.1 Å². The van der Waals surface area contributed by atoms with Gasteiger partial charge in [-0.25, -0.2) is 4.79 Å². The Bertz CT molecular complexity index is 1000. The molecule has 0 spiro atoms. The number of carbonyl (C=O) groups is 3. The van der Waals surface area contributed by atoms with Gasteiger partial charge in [-0.3, -0.25) is 9.59 Å². The minimum atomic E-state index is -1.01. The maximum Gasteiger partial charge on any atom is 0.355 e. The van der Waals surface area contributed by atoms with Crippen LogP contribution >= 0.6 is 0 Å². The highest BCUT2D eigenvalue weighted by Gasteiger charge is 2.25. The van der Waals surface area contributed by atoms with Gasteiger partial charge in [-0.2, -0.15) is 0 Å². The van der Waals surface area contributed by atoms with Gasteiger partial charge in [0.1, 0.15) is 5.69 Å². The van der Waals surface area contributed by atoms with Gasteiger partial charge in [0.25, 0.3) is 5.91 Å². The molecule has 6 heteroatoms. The Morgan fingerprint density at radius 2 is 1.47 bits per heavy atom. The molecule has 1 N–H and O–H groups in total. The van der Waals surface area contributed by atoms with E-state index in [-0.39, 0.29) is 17.5 Å². The molecule has 1 atom stereocenters. The van der Waals surface area contributed by atoms with Crippen molar-refractivity contribution in [1.82, 2.24) is 9.88 Å². The molecule has 0 bridgehead atoms. The van der Waals surface area contributed by atoms with Gasteiger partial charge in [0.2, 0.25) is 0 Å². The predicted octanol–water partition coefficient (Wildman–Crippen LogP) is 3.68. The van der Waals surface area contributed by atoms with E-state index >= 15 is 0 Å². The summed E-state index contributed by atoms with van der Waals surface area (Å²) in [6.07, 6.45) is 0.549. The van der Waals surface area contributed by atoms with Gasteiger partial charge >= 0.3 is 5.97 Å². The summed E-state index contributed by atoms with van der Waals surface area (Å²) in [7, 11) is 1.65. The average Bonchev–Trinajstić information content (AvgIpc) is 3.15. The molecule has 1 amide bonds. The van der Waals surface area contributed by atoms with E-state index in [0.29, 0.717) is 5.56 Å². The third-order valence-corrected chi connectivity index (χ3v) is 4.83. The van der Waals surface area contributed by atoms with Crippen LogP contribution in [-0.4, -0.2) is 28.3 Å². The van der Waals surface area contributed by atoms with Gasteiger partial charge in [0.05, 0.1) is 6.04 Å². The van der Waals surface area contributed by atoms with E-state index in [2.05, 4.69) is 5.32 Å². The Hall–Kier alpha value is -3.67. The standard InChI is InChI=1S/C24H24N2O4/c1-16(27)20-14-21(26(3)15-20)24(29)30-17(2)23(28)25-22(18-10-6-4-7-11-18)19-12-8-5-9-13-19/h4-15,17,22H,1-3H3,(H,25,28)/t17-/m0/s1. The quantitative estimate of drug-likeness (QED) is 0.481. The highest BCUT2D eigenvalue weighted by molar-refractivity contribution is 5.98. The average molecular weight is 404 g/mol. The lowest BCUT2D eigenvalue weighted by Gasteiger charge is -2.22. The molecule has 154 valence electrons. The third-order valence-electron chi connectivity index (χ3n) is 4.83. The Balaban J connectivity index is 1.74. The second-order valence-corrected chi connectivity index (χ2v) is 7.09. The van der Waals surface area contributed by atoms with Crippen LogP contribution < -0.4 is 5.32 Å². The number of benzene rings is 2. The normalized spacial score (nSPS) is 11.7. The number of nitrogens with zero attached hydrogens (tertiary/aromatic N) is 1. The van der Waals surface area contributed by atoms with Gasteiger partial charge in [-0.05, 0) is 31.0 Å². The molecule has 0 aliphatic heterocycles. The molecule has 2 aromatic carbocycles. The number of hydrogen-bond acceptors (Lipinski definition) is 4. The maximum atomic E-state index is 12.8. The molecule has 0 saturated heterocycles. The fourth-order valence-corrected chi connectivity index (χ4v) is 3.14. The Kier molecular flexibility index (Phi) is 6.47. The van der Waals surface area contributed by atoms with Gasteiger partial charge < -0.3 is 14.6 Å². The van der Waals surface area contributed by atoms with Crippen molar-refractivity contribution in [3.8, 4) is 0 Å². The molecular formula is C24H24N2O4. The number of ketones is 1. The van der Waals surface area contributed by atoms with Gasteiger partial charge in [-0.15, -0.1) is 0 Å². The van der Waals surface area contributed by atoms with E-state index in [1.54, 1.807) is 13.2 Å². The summed E-state index contributed by atoms with van der Waals surface area (Å²) >= 11 is 0. The molecule has 30 heavy (non-hydrogen) atoms. The zero-order valence-electron chi connectivity index (χ0n) is 17.2. The summed E-state index contributed by atoms with van der Waals surface area (Å²) in [5, 5.41) is 2.97. The topological polar surface area (TPSA) is 77.4 Å². The van der Waals surface area contributed by atoms with Crippen molar-refractivity contribution in [2.75, 3.05) is 0 Å². The monoisotopic (exact) mass is 404 g/mol. The minimum Gasteiger partial charge on any atom is -0.448 e. The van der Waals surface area contributed by atoms with Gasteiger partial charge in [-0.1, -0.05) is 60.7 Å². The second kappa shape index (κ2) is 9.22. The SMILES string of the molecule is CC(=O)c1cc(C(=O)O[C@@H](C)C(=O)NC(c2ccccc2)c2ccccc2)n(C)c1. The predicted molar refractivity (Wildman–Crippen MR) is 113 cm³/mol. The molecule has 3 rings (SSSR count). The number of Topliss-reactive ketones (excluding diaryl/α,β-unsaturated/α-hetero) is 1. The van der Waals surface area contributed by atoms with E-state index in [9.17, 15) is 14.4 Å². The van der Waals surface area contributed by atoms with Crippen LogP contribution in [0, 0.1) is 0 Å². The number of rotatable bonds is 7. The molecule has 0 radical (unpaired) electrons. The van der Waals surface area contributed by atoms with E-state index in [1.165, 1.54) is 24.5 Å². The summed E-state index contributed by atoms with van der Waals surface area (Å²) < 4.78 is 6.88. The highest BCUT2D eigenvalue weighted by Crippen LogP contribution is 2.22. The maximum absolute atomic E-state index is 12.8. The van der Waals surface area contributed by atoms with Crippen molar-refractivity contribution in [2.45, 2.75) is 26.0 Å². The van der Waals surface area contributed by atoms with Crippen molar-refractivity contribution in [1.29, 1.82) is 0 Å². The molecule has 0 aliphatic carbocycles. The zero-order chi connectivity index (χ0) is 21.7. The van der Waals surface area contributed by atoms with Crippen molar-refractivity contribution in [2.24, 2.45) is 7.05 Å². The van der Waals surface area contributed by atoms with Crippen LogP contribution in [0.2, 0.25) is 0 Å². The first-order valence-corrected chi connectivity index (χ1v) is 9.65. The van der Waals surface area contributed by atoms with Crippen LogP contribution in [0.15, 0.2) is 72.9 Å². The largest absolute Gasteiger partial charge is 0.448 e.